The Labute approximate surface area is 189 Å². The minimum absolute atomic E-state index is 0.0242. The summed E-state index contributed by atoms with van der Waals surface area (Å²) in [6.45, 7) is 7.30. The number of carbonyl (C=O) groups excluding carboxylic acids is 2. The Balaban J connectivity index is 1.52. The monoisotopic (exact) mass is 458 g/mol. The molecule has 0 radical (unpaired) electrons. The SMILES string of the molecule is CCN(CC)S(=O)(=O)c1ccc(NC(=O)NCC2CC(=O)N(c3ccc(C)cc3)C2)cc1. The predicted octanol–water partition coefficient (Wildman–Crippen LogP) is 3.20. The van der Waals surface area contributed by atoms with Crippen molar-refractivity contribution in [3.05, 3.63) is 54.1 Å². The number of hydrogen-bond donors (Lipinski definition) is 2. The Hall–Kier alpha value is -2.91. The van der Waals surface area contributed by atoms with E-state index in [0.29, 0.717) is 38.3 Å². The van der Waals surface area contributed by atoms with Gasteiger partial charge in [-0.1, -0.05) is 31.5 Å². The molecule has 3 rings (SSSR count). The lowest BCUT2D eigenvalue weighted by Crippen LogP contribution is -2.34. The van der Waals surface area contributed by atoms with Crippen LogP contribution in [-0.2, 0) is 14.8 Å². The van der Waals surface area contributed by atoms with Gasteiger partial charge in [0.2, 0.25) is 15.9 Å². The predicted molar refractivity (Wildman–Crippen MR) is 125 cm³/mol. The van der Waals surface area contributed by atoms with Crippen molar-refractivity contribution >= 4 is 33.3 Å². The van der Waals surface area contributed by atoms with Gasteiger partial charge in [-0.25, -0.2) is 13.2 Å². The highest BCUT2D eigenvalue weighted by Crippen LogP contribution is 2.25. The maximum Gasteiger partial charge on any atom is 0.319 e. The van der Waals surface area contributed by atoms with Crippen molar-refractivity contribution in [2.45, 2.75) is 32.1 Å². The molecule has 1 aliphatic rings. The van der Waals surface area contributed by atoms with Crippen molar-refractivity contribution in [3.8, 4) is 0 Å². The third kappa shape index (κ3) is 5.46. The molecule has 3 amide bonds. The van der Waals surface area contributed by atoms with E-state index in [1.54, 1.807) is 30.9 Å². The summed E-state index contributed by atoms with van der Waals surface area (Å²) in [5.74, 6) is 0.0715. The third-order valence-corrected chi connectivity index (χ3v) is 7.62. The second-order valence-electron chi connectivity index (χ2n) is 7.86. The Morgan fingerprint density at radius 2 is 1.69 bits per heavy atom. The van der Waals surface area contributed by atoms with E-state index in [4.69, 9.17) is 0 Å². The van der Waals surface area contributed by atoms with Crippen LogP contribution in [0, 0.1) is 12.8 Å². The second-order valence-corrected chi connectivity index (χ2v) is 9.80. The molecule has 2 aromatic rings. The fourth-order valence-corrected chi connectivity index (χ4v) is 5.19. The highest BCUT2D eigenvalue weighted by molar-refractivity contribution is 7.89. The molecule has 9 heteroatoms. The van der Waals surface area contributed by atoms with Crippen LogP contribution in [0.4, 0.5) is 16.2 Å². The first-order valence-electron chi connectivity index (χ1n) is 10.8. The van der Waals surface area contributed by atoms with Gasteiger partial charge in [0, 0.05) is 49.9 Å². The van der Waals surface area contributed by atoms with Crippen molar-refractivity contribution < 1.29 is 18.0 Å². The van der Waals surface area contributed by atoms with Gasteiger partial charge in [0.15, 0.2) is 0 Å². The number of aryl methyl sites for hydroxylation is 1. The summed E-state index contributed by atoms with van der Waals surface area (Å²) in [5.41, 5.74) is 2.49. The number of carbonyl (C=O) groups is 2. The molecule has 1 aliphatic heterocycles. The van der Waals surface area contributed by atoms with Crippen molar-refractivity contribution in [2.75, 3.05) is 36.4 Å². The summed E-state index contributed by atoms with van der Waals surface area (Å²) in [6.07, 6.45) is 0.381. The zero-order chi connectivity index (χ0) is 23.3. The molecular weight excluding hydrogens is 428 g/mol. The molecule has 8 nitrogen and oxygen atoms in total. The molecule has 1 unspecified atom stereocenters. The maximum absolute atomic E-state index is 12.5. The lowest BCUT2D eigenvalue weighted by atomic mass is 10.1. The normalized spacial score (nSPS) is 16.4. The van der Waals surface area contributed by atoms with Crippen molar-refractivity contribution in [2.24, 2.45) is 5.92 Å². The minimum Gasteiger partial charge on any atom is -0.338 e. The van der Waals surface area contributed by atoms with Crippen molar-refractivity contribution in [1.82, 2.24) is 9.62 Å². The summed E-state index contributed by atoms with van der Waals surface area (Å²) < 4.78 is 26.5. The Kier molecular flexibility index (Phi) is 7.52. The standard InChI is InChI=1S/C23H30N4O4S/c1-4-26(5-2)32(30,31)21-12-8-19(9-13-21)25-23(29)24-15-18-14-22(28)27(16-18)20-10-6-17(3)7-11-20/h6-13,18H,4-5,14-16H2,1-3H3,(H2,24,25,29). The number of hydrogen-bond acceptors (Lipinski definition) is 4. The molecule has 0 spiro atoms. The van der Waals surface area contributed by atoms with Crippen LogP contribution in [0.25, 0.3) is 0 Å². The van der Waals surface area contributed by atoms with E-state index in [9.17, 15) is 18.0 Å². The summed E-state index contributed by atoms with van der Waals surface area (Å²) in [4.78, 5) is 26.6. The summed E-state index contributed by atoms with van der Waals surface area (Å²) >= 11 is 0. The number of anilines is 2. The topological polar surface area (TPSA) is 98.8 Å². The van der Waals surface area contributed by atoms with Gasteiger partial charge in [0.05, 0.1) is 4.90 Å². The van der Waals surface area contributed by atoms with Crippen molar-refractivity contribution in [1.29, 1.82) is 0 Å². The van der Waals surface area contributed by atoms with Gasteiger partial charge < -0.3 is 15.5 Å². The number of nitrogens with one attached hydrogen (secondary N) is 2. The molecule has 1 atom stereocenters. The maximum atomic E-state index is 12.5. The van der Waals surface area contributed by atoms with E-state index in [0.717, 1.165) is 11.3 Å². The second kappa shape index (κ2) is 10.1. The largest absolute Gasteiger partial charge is 0.338 e. The molecule has 0 saturated carbocycles. The molecular formula is C23H30N4O4S. The first kappa shape index (κ1) is 23.7. The minimum atomic E-state index is -3.54. The molecule has 1 heterocycles. The first-order valence-corrected chi connectivity index (χ1v) is 12.2. The van der Waals surface area contributed by atoms with Crippen LogP contribution in [-0.4, -0.2) is 50.8 Å². The molecule has 32 heavy (non-hydrogen) atoms. The number of amides is 3. The summed E-state index contributed by atoms with van der Waals surface area (Å²) in [6, 6.07) is 13.5. The van der Waals surface area contributed by atoms with Crippen LogP contribution in [0.1, 0.15) is 25.8 Å². The van der Waals surface area contributed by atoms with Crippen LogP contribution in [0.2, 0.25) is 0 Å². The highest BCUT2D eigenvalue weighted by atomic mass is 32.2. The van der Waals surface area contributed by atoms with Gasteiger partial charge in [-0.2, -0.15) is 4.31 Å². The highest BCUT2D eigenvalue weighted by Gasteiger charge is 2.30. The molecule has 0 aliphatic carbocycles. The van der Waals surface area contributed by atoms with Gasteiger partial charge in [0.25, 0.3) is 0 Å². The van der Waals surface area contributed by atoms with Gasteiger partial charge in [-0.3, -0.25) is 4.79 Å². The summed E-state index contributed by atoms with van der Waals surface area (Å²) in [5, 5.41) is 5.51. The molecule has 0 aromatic heterocycles. The number of nitrogens with zero attached hydrogens (tertiary/aromatic N) is 2. The zero-order valence-electron chi connectivity index (χ0n) is 18.7. The zero-order valence-corrected chi connectivity index (χ0v) is 19.5. The van der Waals surface area contributed by atoms with Crippen LogP contribution in [0.3, 0.4) is 0 Å². The molecule has 1 saturated heterocycles. The molecule has 2 aromatic carbocycles. The molecule has 2 N–H and O–H groups in total. The first-order chi connectivity index (χ1) is 15.2. The average Bonchev–Trinajstić information content (AvgIpc) is 3.14. The van der Waals surface area contributed by atoms with E-state index in [2.05, 4.69) is 10.6 Å². The Bertz CT molecular complexity index is 1050. The van der Waals surface area contributed by atoms with Gasteiger partial charge in [-0.15, -0.1) is 0 Å². The Morgan fingerprint density at radius 3 is 2.28 bits per heavy atom. The fraction of sp³-hybridized carbons (Fsp3) is 0.391. The van der Waals surface area contributed by atoms with Gasteiger partial charge >= 0.3 is 6.03 Å². The van der Waals surface area contributed by atoms with Crippen molar-refractivity contribution in [3.63, 3.8) is 0 Å². The van der Waals surface area contributed by atoms with Gasteiger partial charge in [-0.05, 0) is 43.3 Å². The molecule has 0 bridgehead atoms. The van der Waals surface area contributed by atoms with Crippen LogP contribution >= 0.6 is 0 Å². The average molecular weight is 459 g/mol. The summed E-state index contributed by atoms with van der Waals surface area (Å²) in [7, 11) is -3.54. The Morgan fingerprint density at radius 1 is 1.06 bits per heavy atom. The van der Waals surface area contributed by atoms with Crippen LogP contribution in [0.5, 0.6) is 0 Å². The number of sulfonamides is 1. The molecule has 172 valence electrons. The quantitative estimate of drug-likeness (QED) is 0.635. The van der Waals surface area contributed by atoms with E-state index >= 15 is 0 Å². The van der Waals surface area contributed by atoms with Crippen LogP contribution in [0.15, 0.2) is 53.4 Å². The lowest BCUT2D eigenvalue weighted by Gasteiger charge is -2.18. The number of benzene rings is 2. The molecule has 1 fully saturated rings. The van der Waals surface area contributed by atoms with Crippen LogP contribution < -0.4 is 15.5 Å². The number of urea groups is 1. The van der Waals surface area contributed by atoms with E-state index in [1.165, 1.54) is 16.4 Å². The lowest BCUT2D eigenvalue weighted by molar-refractivity contribution is -0.117. The third-order valence-electron chi connectivity index (χ3n) is 5.56. The van der Waals surface area contributed by atoms with Gasteiger partial charge in [0.1, 0.15) is 0 Å². The number of rotatable bonds is 8. The fourth-order valence-electron chi connectivity index (χ4n) is 3.73. The van der Waals surface area contributed by atoms with E-state index in [1.807, 2.05) is 31.2 Å². The van der Waals surface area contributed by atoms with E-state index in [-0.39, 0.29) is 16.7 Å². The smallest absolute Gasteiger partial charge is 0.319 e. The van der Waals surface area contributed by atoms with E-state index < -0.39 is 16.1 Å².